The topological polar surface area (TPSA) is 60.2 Å². The van der Waals surface area contributed by atoms with E-state index < -0.39 is 0 Å². The van der Waals surface area contributed by atoms with Crippen LogP contribution in [-0.2, 0) is 4.79 Å². The van der Waals surface area contributed by atoms with Gasteiger partial charge >= 0.3 is 0 Å². The summed E-state index contributed by atoms with van der Waals surface area (Å²) < 4.78 is 11.3. The largest absolute Gasteiger partial charge is 0.493 e. The van der Waals surface area contributed by atoms with E-state index in [4.69, 9.17) is 9.47 Å². The van der Waals surface area contributed by atoms with Gasteiger partial charge in [0.2, 0.25) is 0 Å². The summed E-state index contributed by atoms with van der Waals surface area (Å²) in [6.45, 7) is 4.16. The highest BCUT2D eigenvalue weighted by molar-refractivity contribution is 5.98. The number of rotatable bonds is 6. The number of carbonyl (C=O) groups excluding carboxylic acids is 1. The van der Waals surface area contributed by atoms with Crippen LogP contribution in [0.3, 0.4) is 0 Å². The zero-order valence-corrected chi connectivity index (χ0v) is 11.9. The van der Waals surface area contributed by atoms with E-state index >= 15 is 0 Å². The molecule has 0 radical (unpaired) electrons. The van der Waals surface area contributed by atoms with Crippen molar-refractivity contribution >= 4 is 11.6 Å². The third-order valence-corrected chi connectivity index (χ3v) is 3.18. The number of amides is 1. The van der Waals surface area contributed by atoms with Gasteiger partial charge in [0.15, 0.2) is 11.5 Å². The Morgan fingerprint density at radius 2 is 1.90 bits per heavy atom. The molecule has 0 fully saturated rings. The molecule has 0 aliphatic carbocycles. The van der Waals surface area contributed by atoms with Crippen LogP contribution in [0.2, 0.25) is 0 Å². The smallest absolute Gasteiger partial charge is 0.290 e. The number of ether oxygens (including phenoxy) is 2. The summed E-state index contributed by atoms with van der Waals surface area (Å²) in [6.07, 6.45) is 3.39. The highest BCUT2D eigenvalue weighted by atomic mass is 16.5. The third kappa shape index (κ3) is 3.04. The Morgan fingerprint density at radius 3 is 2.45 bits per heavy atom. The maximum absolute atomic E-state index is 11.1. The Morgan fingerprint density at radius 1 is 1.15 bits per heavy atom. The van der Waals surface area contributed by atoms with Crippen molar-refractivity contribution in [3.8, 4) is 11.5 Å². The second kappa shape index (κ2) is 6.32. The lowest BCUT2D eigenvalue weighted by atomic mass is 10.1. The van der Waals surface area contributed by atoms with E-state index in [0.717, 1.165) is 18.4 Å². The predicted octanol–water partition coefficient (Wildman–Crippen LogP) is 3.60. The predicted molar refractivity (Wildman–Crippen MR) is 75.8 cm³/mol. The number of hydrogen-bond donors (Lipinski definition) is 0. The Balaban J connectivity index is 2.31. The van der Waals surface area contributed by atoms with Gasteiger partial charge in [-0.05, 0) is 31.0 Å². The van der Waals surface area contributed by atoms with Crippen LogP contribution in [0.5, 0.6) is 11.5 Å². The molecule has 1 aliphatic heterocycles. The zero-order valence-electron chi connectivity index (χ0n) is 11.9. The Labute approximate surface area is 118 Å². The minimum Gasteiger partial charge on any atom is -0.493 e. The van der Waals surface area contributed by atoms with Crippen LogP contribution >= 0.6 is 0 Å². The lowest BCUT2D eigenvalue weighted by Crippen LogP contribution is -2.14. The molecular formula is C15H18N2O3. The Kier molecular flexibility index (Phi) is 4.50. The average molecular weight is 274 g/mol. The summed E-state index contributed by atoms with van der Waals surface area (Å²) >= 11 is 0. The van der Waals surface area contributed by atoms with Gasteiger partial charge in [-0.2, -0.15) is 0 Å². The van der Waals surface area contributed by atoms with E-state index in [1.165, 1.54) is 6.08 Å². The van der Waals surface area contributed by atoms with E-state index in [9.17, 15) is 4.79 Å². The van der Waals surface area contributed by atoms with Gasteiger partial charge < -0.3 is 9.47 Å². The quantitative estimate of drug-likeness (QED) is 0.796. The first-order valence-corrected chi connectivity index (χ1v) is 6.70. The van der Waals surface area contributed by atoms with Gasteiger partial charge in [-0.25, -0.2) is 0 Å². The molecule has 106 valence electrons. The van der Waals surface area contributed by atoms with Crippen molar-refractivity contribution in [1.82, 2.24) is 0 Å². The number of benzene rings is 1. The van der Waals surface area contributed by atoms with Crippen LogP contribution in [0, 0.1) is 0 Å². The Bertz CT molecular complexity index is 560. The molecule has 2 rings (SSSR count). The highest BCUT2D eigenvalue weighted by Crippen LogP contribution is 2.33. The molecule has 0 atom stereocenters. The van der Waals surface area contributed by atoms with Gasteiger partial charge in [0.25, 0.3) is 5.91 Å². The van der Waals surface area contributed by atoms with Gasteiger partial charge in [0.05, 0.1) is 18.9 Å². The second-order valence-electron chi connectivity index (χ2n) is 4.49. The van der Waals surface area contributed by atoms with E-state index in [2.05, 4.69) is 24.1 Å². The Hall–Kier alpha value is -2.17. The third-order valence-electron chi connectivity index (χ3n) is 3.18. The first-order valence-electron chi connectivity index (χ1n) is 6.70. The van der Waals surface area contributed by atoms with Gasteiger partial charge in [0, 0.05) is 11.6 Å². The lowest BCUT2D eigenvalue weighted by molar-refractivity contribution is -0.113. The van der Waals surface area contributed by atoms with Crippen molar-refractivity contribution in [2.75, 3.05) is 7.11 Å². The molecule has 0 bridgehead atoms. The van der Waals surface area contributed by atoms with Gasteiger partial charge in [-0.1, -0.05) is 13.8 Å². The number of carbonyl (C=O) groups is 1. The van der Waals surface area contributed by atoms with Crippen LogP contribution in [0.1, 0.15) is 32.3 Å². The van der Waals surface area contributed by atoms with Crippen molar-refractivity contribution in [3.63, 3.8) is 0 Å². The van der Waals surface area contributed by atoms with E-state index in [1.54, 1.807) is 7.11 Å². The minimum atomic E-state index is -0.335. The fourth-order valence-electron chi connectivity index (χ4n) is 1.98. The van der Waals surface area contributed by atoms with Crippen molar-refractivity contribution in [2.45, 2.75) is 32.8 Å². The van der Waals surface area contributed by atoms with Crippen molar-refractivity contribution in [2.24, 2.45) is 10.2 Å². The van der Waals surface area contributed by atoms with Crippen LogP contribution in [-0.4, -0.2) is 19.1 Å². The average Bonchev–Trinajstić information content (AvgIpc) is 2.91. The van der Waals surface area contributed by atoms with Crippen LogP contribution < -0.4 is 9.47 Å². The molecule has 1 amide bonds. The van der Waals surface area contributed by atoms with Gasteiger partial charge in [-0.15, -0.1) is 10.2 Å². The van der Waals surface area contributed by atoms with Crippen LogP contribution in [0.25, 0.3) is 5.70 Å². The molecule has 0 saturated carbocycles. The van der Waals surface area contributed by atoms with Crippen LogP contribution in [0.15, 0.2) is 34.5 Å². The highest BCUT2D eigenvalue weighted by Gasteiger charge is 2.15. The molecule has 1 heterocycles. The summed E-state index contributed by atoms with van der Waals surface area (Å²) in [6, 6.07) is 5.48. The molecule has 1 aliphatic rings. The molecule has 0 N–H and O–H groups in total. The molecule has 5 heteroatoms. The molecule has 1 aromatic rings. The SMILES string of the molecule is CCC(CC)Oc1cc(C2=CC(=O)N=N2)ccc1OC. The lowest BCUT2D eigenvalue weighted by Gasteiger charge is -2.18. The number of azo groups is 1. The first-order chi connectivity index (χ1) is 9.67. The summed E-state index contributed by atoms with van der Waals surface area (Å²) in [4.78, 5) is 11.1. The standard InChI is InChI=1S/C15H18N2O3/c1-4-11(5-2)20-14-8-10(6-7-13(14)19-3)12-9-15(18)17-16-12/h6-9,11H,4-5H2,1-3H3. The van der Waals surface area contributed by atoms with E-state index in [1.807, 2.05) is 18.2 Å². The molecule has 5 nitrogen and oxygen atoms in total. The van der Waals surface area contributed by atoms with Crippen molar-refractivity contribution < 1.29 is 14.3 Å². The molecule has 0 aromatic heterocycles. The number of hydrogen-bond acceptors (Lipinski definition) is 4. The minimum absolute atomic E-state index is 0.139. The second-order valence-corrected chi connectivity index (χ2v) is 4.49. The zero-order chi connectivity index (χ0) is 14.5. The van der Waals surface area contributed by atoms with Gasteiger partial charge in [0.1, 0.15) is 0 Å². The summed E-state index contributed by atoms with van der Waals surface area (Å²) in [5.74, 6) is 0.995. The number of methoxy groups -OCH3 is 1. The van der Waals surface area contributed by atoms with Crippen molar-refractivity contribution in [3.05, 3.63) is 29.8 Å². The molecule has 0 saturated heterocycles. The maximum atomic E-state index is 11.1. The molecule has 1 aromatic carbocycles. The van der Waals surface area contributed by atoms with E-state index in [-0.39, 0.29) is 12.0 Å². The summed E-state index contributed by atoms with van der Waals surface area (Å²) in [7, 11) is 1.60. The van der Waals surface area contributed by atoms with Crippen molar-refractivity contribution in [1.29, 1.82) is 0 Å². The molecule has 0 spiro atoms. The van der Waals surface area contributed by atoms with Crippen LogP contribution in [0.4, 0.5) is 0 Å². The maximum Gasteiger partial charge on any atom is 0.290 e. The first kappa shape index (κ1) is 14.2. The van der Waals surface area contributed by atoms with E-state index in [0.29, 0.717) is 17.2 Å². The monoisotopic (exact) mass is 274 g/mol. The molecule has 20 heavy (non-hydrogen) atoms. The fraction of sp³-hybridized carbons (Fsp3) is 0.400. The summed E-state index contributed by atoms with van der Waals surface area (Å²) in [5, 5.41) is 7.32. The fourth-order valence-corrected chi connectivity index (χ4v) is 1.98. The molecule has 0 unspecified atom stereocenters. The number of nitrogens with zero attached hydrogens (tertiary/aromatic N) is 2. The van der Waals surface area contributed by atoms with Gasteiger partial charge in [-0.3, -0.25) is 4.79 Å². The summed E-state index contributed by atoms with van der Waals surface area (Å²) in [5.41, 5.74) is 1.34. The normalized spacial score (nSPS) is 13.8. The molecular weight excluding hydrogens is 256 g/mol.